The molecule has 2 aromatic rings. The van der Waals surface area contributed by atoms with Crippen molar-refractivity contribution < 1.29 is 26.4 Å². The van der Waals surface area contributed by atoms with Crippen LogP contribution in [0.3, 0.4) is 0 Å². The largest absolute Gasteiger partial charge is 1.00 e. The maximum absolute atomic E-state index is 6.24. The summed E-state index contributed by atoms with van der Waals surface area (Å²) in [4.78, 5) is 0. The molecule has 0 aliphatic carbocycles. The SMILES string of the molecule is CCCCCCCCC(c1ccc(Cl)cc1)[N+](C)(C)C(C)OCCOc1ccccc1.[Cl-]. The van der Waals surface area contributed by atoms with Gasteiger partial charge >= 0.3 is 0 Å². The van der Waals surface area contributed by atoms with Crippen LogP contribution in [-0.4, -0.2) is 38.0 Å². The average Bonchev–Trinajstić information content (AvgIpc) is 2.77. The van der Waals surface area contributed by atoms with Crippen LogP contribution >= 0.6 is 11.6 Å². The number of ether oxygens (including phenoxy) is 2. The van der Waals surface area contributed by atoms with Gasteiger partial charge in [0.05, 0.1) is 20.7 Å². The molecule has 3 nitrogen and oxygen atoms in total. The number of quaternary nitrogens is 1. The lowest BCUT2D eigenvalue weighted by atomic mass is 9.96. The van der Waals surface area contributed by atoms with E-state index >= 15 is 0 Å². The zero-order valence-electron chi connectivity index (χ0n) is 20.2. The third-order valence-corrected chi connectivity index (χ3v) is 6.53. The number of rotatable bonds is 15. The van der Waals surface area contributed by atoms with Gasteiger partial charge in [0.2, 0.25) is 0 Å². The molecular formula is C27H41Cl2NO2. The fourth-order valence-corrected chi connectivity index (χ4v) is 4.15. The number of hydrogen-bond donors (Lipinski definition) is 0. The summed E-state index contributed by atoms with van der Waals surface area (Å²) in [5.41, 5.74) is 1.33. The number of hydrogen-bond acceptors (Lipinski definition) is 2. The van der Waals surface area contributed by atoms with E-state index in [-0.39, 0.29) is 18.6 Å². The maximum atomic E-state index is 6.24. The lowest BCUT2D eigenvalue weighted by Gasteiger charge is -2.42. The third kappa shape index (κ3) is 9.70. The van der Waals surface area contributed by atoms with E-state index in [1.54, 1.807) is 0 Å². The van der Waals surface area contributed by atoms with Crippen molar-refractivity contribution >= 4 is 11.6 Å². The topological polar surface area (TPSA) is 18.5 Å². The molecule has 0 saturated carbocycles. The summed E-state index contributed by atoms with van der Waals surface area (Å²) in [6, 6.07) is 18.6. The van der Waals surface area contributed by atoms with Crippen LogP contribution in [0.2, 0.25) is 5.02 Å². The van der Waals surface area contributed by atoms with Crippen molar-refractivity contribution in [1.82, 2.24) is 0 Å². The molecule has 32 heavy (non-hydrogen) atoms. The molecule has 5 heteroatoms. The highest BCUT2D eigenvalue weighted by Gasteiger charge is 2.35. The molecule has 0 fully saturated rings. The number of halogens is 2. The van der Waals surface area contributed by atoms with Crippen molar-refractivity contribution in [2.75, 3.05) is 27.3 Å². The van der Waals surface area contributed by atoms with Gasteiger partial charge in [-0.2, -0.15) is 0 Å². The van der Waals surface area contributed by atoms with Crippen LogP contribution in [-0.2, 0) is 4.74 Å². The lowest BCUT2D eigenvalue weighted by Crippen LogP contribution is -3.00. The highest BCUT2D eigenvalue weighted by molar-refractivity contribution is 6.30. The Morgan fingerprint density at radius 2 is 1.47 bits per heavy atom. The van der Waals surface area contributed by atoms with E-state index in [0.29, 0.717) is 19.3 Å². The summed E-state index contributed by atoms with van der Waals surface area (Å²) in [6.45, 7) is 5.56. The normalized spacial score (nSPS) is 13.3. The lowest BCUT2D eigenvalue weighted by molar-refractivity contribution is -0.964. The Morgan fingerprint density at radius 3 is 2.12 bits per heavy atom. The smallest absolute Gasteiger partial charge is 0.190 e. The highest BCUT2D eigenvalue weighted by Crippen LogP contribution is 2.34. The Labute approximate surface area is 207 Å². The monoisotopic (exact) mass is 481 g/mol. The number of unbranched alkanes of at least 4 members (excludes halogenated alkanes) is 5. The summed E-state index contributed by atoms with van der Waals surface area (Å²) in [6.07, 6.45) is 9.05. The van der Waals surface area contributed by atoms with Crippen LogP contribution in [0.4, 0.5) is 0 Å². The molecule has 0 aliphatic rings. The fourth-order valence-electron chi connectivity index (χ4n) is 4.03. The Morgan fingerprint density at radius 1 is 0.844 bits per heavy atom. The fraction of sp³-hybridized carbons (Fsp3) is 0.556. The average molecular weight is 483 g/mol. The van der Waals surface area contributed by atoms with Gasteiger partial charge in [0, 0.05) is 23.9 Å². The molecule has 0 aromatic heterocycles. The van der Waals surface area contributed by atoms with Crippen LogP contribution in [0.5, 0.6) is 5.75 Å². The first-order valence-corrected chi connectivity index (χ1v) is 12.2. The maximum Gasteiger partial charge on any atom is 0.190 e. The first-order chi connectivity index (χ1) is 14.9. The standard InChI is InChI=1S/C27H41ClNO2.ClH/c1-5-6-7-8-9-13-16-27(24-17-19-25(28)20-18-24)29(3,4)23(2)30-21-22-31-26-14-11-10-12-15-26;/h10-12,14-15,17-20,23,27H,5-9,13,16,21-22H2,1-4H3;1H/q+1;/p-1. The van der Waals surface area contributed by atoms with Crippen LogP contribution in [0, 0.1) is 0 Å². The van der Waals surface area contributed by atoms with Gasteiger partial charge in [-0.05, 0) is 30.7 Å². The van der Waals surface area contributed by atoms with Crippen LogP contribution < -0.4 is 17.1 Å². The third-order valence-electron chi connectivity index (χ3n) is 6.28. The molecule has 2 atom stereocenters. The summed E-state index contributed by atoms with van der Waals surface area (Å²) in [5, 5.41) is 0.787. The van der Waals surface area contributed by atoms with Crippen molar-refractivity contribution in [3.63, 3.8) is 0 Å². The van der Waals surface area contributed by atoms with Crippen LogP contribution in [0.25, 0.3) is 0 Å². The molecule has 2 rings (SSSR count). The van der Waals surface area contributed by atoms with Crippen LogP contribution in [0.1, 0.15) is 70.4 Å². The second-order valence-electron chi connectivity index (χ2n) is 8.88. The second-order valence-corrected chi connectivity index (χ2v) is 9.32. The Bertz CT molecular complexity index is 722. The van der Waals surface area contributed by atoms with E-state index in [1.807, 2.05) is 42.5 Å². The Hall–Kier alpha value is -1.26. The minimum absolute atomic E-state index is 0. The molecule has 0 spiro atoms. The van der Waals surface area contributed by atoms with E-state index in [0.717, 1.165) is 21.7 Å². The van der Waals surface area contributed by atoms with Crippen LogP contribution in [0.15, 0.2) is 54.6 Å². The van der Waals surface area contributed by atoms with Gasteiger partial charge in [-0.25, -0.2) is 0 Å². The van der Waals surface area contributed by atoms with Gasteiger partial charge in [0.25, 0.3) is 0 Å². The van der Waals surface area contributed by atoms with Crippen molar-refractivity contribution in [1.29, 1.82) is 0 Å². The Kier molecular flexibility index (Phi) is 14.0. The quantitative estimate of drug-likeness (QED) is 0.209. The summed E-state index contributed by atoms with van der Waals surface area (Å²) >= 11 is 6.16. The van der Waals surface area contributed by atoms with Crippen molar-refractivity contribution in [3.8, 4) is 5.75 Å². The predicted octanol–water partition coefficient (Wildman–Crippen LogP) is 4.65. The molecule has 0 bridgehead atoms. The molecule has 0 aliphatic heterocycles. The van der Waals surface area contributed by atoms with Crippen molar-refractivity contribution in [3.05, 3.63) is 65.2 Å². The van der Waals surface area contributed by atoms with E-state index < -0.39 is 0 Å². The predicted molar refractivity (Wildman–Crippen MR) is 132 cm³/mol. The molecule has 0 heterocycles. The van der Waals surface area contributed by atoms with Crippen molar-refractivity contribution in [2.45, 2.75) is 71.1 Å². The van der Waals surface area contributed by atoms with Gasteiger partial charge in [0.1, 0.15) is 18.4 Å². The van der Waals surface area contributed by atoms with E-state index in [4.69, 9.17) is 21.1 Å². The van der Waals surface area contributed by atoms with Gasteiger partial charge in [0.15, 0.2) is 6.23 Å². The molecule has 0 amide bonds. The summed E-state index contributed by atoms with van der Waals surface area (Å²) in [7, 11) is 4.55. The Balaban J connectivity index is 0.00000512. The first-order valence-electron chi connectivity index (χ1n) is 11.8. The molecule has 2 aromatic carbocycles. The molecule has 2 unspecified atom stereocenters. The molecular weight excluding hydrogens is 441 g/mol. The highest BCUT2D eigenvalue weighted by atomic mass is 35.5. The molecule has 0 N–H and O–H groups in total. The first kappa shape index (κ1) is 28.8. The number of benzene rings is 2. The summed E-state index contributed by atoms with van der Waals surface area (Å²) < 4.78 is 12.8. The zero-order chi connectivity index (χ0) is 22.5. The minimum atomic E-state index is 0. The van der Waals surface area contributed by atoms with Gasteiger partial charge in [-0.3, -0.25) is 4.48 Å². The number of nitrogens with zero attached hydrogens (tertiary/aromatic N) is 1. The van der Waals surface area contributed by atoms with Gasteiger partial charge in [-0.1, -0.05) is 81.0 Å². The van der Waals surface area contributed by atoms with E-state index in [2.05, 4.69) is 40.1 Å². The summed E-state index contributed by atoms with van der Waals surface area (Å²) in [5.74, 6) is 0.884. The zero-order valence-corrected chi connectivity index (χ0v) is 21.7. The molecule has 180 valence electrons. The van der Waals surface area contributed by atoms with Crippen molar-refractivity contribution in [2.24, 2.45) is 0 Å². The second kappa shape index (κ2) is 15.6. The van der Waals surface area contributed by atoms with Gasteiger partial charge < -0.3 is 21.9 Å². The number of para-hydroxylation sites is 1. The molecule has 0 saturated heterocycles. The minimum Gasteiger partial charge on any atom is -1.00 e. The van der Waals surface area contributed by atoms with Gasteiger partial charge in [-0.15, -0.1) is 0 Å². The molecule has 0 radical (unpaired) electrons. The van der Waals surface area contributed by atoms with E-state index in [9.17, 15) is 0 Å². The van der Waals surface area contributed by atoms with E-state index in [1.165, 1.54) is 44.1 Å².